The van der Waals surface area contributed by atoms with E-state index in [0.29, 0.717) is 0 Å². The minimum Gasteiger partial charge on any atom is -0.344 e. The van der Waals surface area contributed by atoms with Crippen LogP contribution >= 0.6 is 23.1 Å². The Labute approximate surface area is 190 Å². The first kappa shape index (κ1) is 20.3. The fourth-order valence-corrected chi connectivity index (χ4v) is 6.24. The van der Waals surface area contributed by atoms with E-state index in [4.69, 9.17) is 0 Å². The van der Waals surface area contributed by atoms with Crippen LogP contribution in [0.2, 0.25) is 0 Å². The Kier molecular flexibility index (Phi) is 5.83. The third-order valence-corrected chi connectivity index (χ3v) is 8.13. The van der Waals surface area contributed by atoms with Crippen molar-refractivity contribution in [2.45, 2.75) is 48.3 Å². The number of hydrogen-bond donors (Lipinski definition) is 2. The maximum Gasteiger partial charge on any atom is 0.238 e. The van der Waals surface area contributed by atoms with Crippen LogP contribution in [-0.2, 0) is 22.4 Å². The summed E-state index contributed by atoms with van der Waals surface area (Å²) < 4.78 is 0. The molecular formula is C25H24N2O2S2. The Hall–Kier alpha value is -2.57. The van der Waals surface area contributed by atoms with Gasteiger partial charge in [0.25, 0.3) is 0 Å². The van der Waals surface area contributed by atoms with Crippen LogP contribution < -0.4 is 10.6 Å². The van der Waals surface area contributed by atoms with E-state index < -0.39 is 5.25 Å². The highest BCUT2D eigenvalue weighted by Gasteiger charge is 2.30. The van der Waals surface area contributed by atoms with E-state index in [1.165, 1.54) is 35.7 Å². The van der Waals surface area contributed by atoms with Gasteiger partial charge in [0.2, 0.25) is 11.8 Å². The molecule has 1 aliphatic carbocycles. The fourth-order valence-electron chi connectivity index (χ4n) is 4.32. The molecule has 2 atom stereocenters. The van der Waals surface area contributed by atoms with Crippen LogP contribution in [0.1, 0.15) is 46.9 Å². The predicted octanol–water partition coefficient (Wildman–Crippen LogP) is 5.34. The number of anilines is 1. The smallest absolute Gasteiger partial charge is 0.238 e. The molecule has 31 heavy (non-hydrogen) atoms. The molecule has 0 bridgehead atoms. The van der Waals surface area contributed by atoms with Gasteiger partial charge in [0.05, 0.1) is 17.0 Å². The monoisotopic (exact) mass is 448 g/mol. The van der Waals surface area contributed by atoms with Gasteiger partial charge in [0, 0.05) is 16.2 Å². The van der Waals surface area contributed by atoms with Crippen LogP contribution in [-0.4, -0.2) is 17.1 Å². The summed E-state index contributed by atoms with van der Waals surface area (Å²) in [5, 5.41) is 7.74. The number of aryl methyl sites for hydroxylation is 2. The average Bonchev–Trinajstić information content (AvgIpc) is 3.32. The Morgan fingerprint density at radius 1 is 1.06 bits per heavy atom. The van der Waals surface area contributed by atoms with Crippen LogP contribution in [0.15, 0.2) is 64.9 Å². The number of fused-ring (bicyclic) bond motifs is 2. The largest absolute Gasteiger partial charge is 0.344 e. The molecule has 5 rings (SSSR count). The SMILES string of the molecule is O=C(C[C@H]1Sc2ccccc2NC1=O)N[C@H](c1ccc2c(c1)CCCC2)c1cccs1. The fraction of sp³-hybridized carbons (Fsp3) is 0.280. The molecule has 2 heterocycles. The van der Waals surface area contributed by atoms with E-state index in [-0.39, 0.29) is 24.3 Å². The molecule has 2 N–H and O–H groups in total. The van der Waals surface area contributed by atoms with Gasteiger partial charge in [0.15, 0.2) is 0 Å². The summed E-state index contributed by atoms with van der Waals surface area (Å²) >= 11 is 3.11. The molecule has 1 aliphatic heterocycles. The Balaban J connectivity index is 1.34. The van der Waals surface area contributed by atoms with Crippen LogP contribution in [0, 0.1) is 0 Å². The number of carbonyl (C=O) groups is 2. The lowest BCUT2D eigenvalue weighted by molar-refractivity contribution is -0.124. The summed E-state index contributed by atoms with van der Waals surface area (Å²) in [6.07, 6.45) is 4.87. The topological polar surface area (TPSA) is 58.2 Å². The zero-order chi connectivity index (χ0) is 21.2. The van der Waals surface area contributed by atoms with Gasteiger partial charge in [-0.3, -0.25) is 9.59 Å². The minimum absolute atomic E-state index is 0.108. The maximum atomic E-state index is 13.0. The molecule has 1 aromatic heterocycles. The second kappa shape index (κ2) is 8.89. The number of para-hydroxylation sites is 1. The number of nitrogens with one attached hydrogen (secondary N) is 2. The lowest BCUT2D eigenvalue weighted by Gasteiger charge is -2.25. The Morgan fingerprint density at radius 3 is 2.74 bits per heavy atom. The summed E-state index contributed by atoms with van der Waals surface area (Å²) in [6, 6.07) is 18.2. The molecule has 6 heteroatoms. The van der Waals surface area contributed by atoms with E-state index in [2.05, 4.69) is 34.9 Å². The third kappa shape index (κ3) is 4.41. The van der Waals surface area contributed by atoms with E-state index >= 15 is 0 Å². The van der Waals surface area contributed by atoms with Crippen molar-refractivity contribution in [3.8, 4) is 0 Å². The van der Waals surface area contributed by atoms with Gasteiger partial charge in [-0.25, -0.2) is 0 Å². The Morgan fingerprint density at radius 2 is 1.90 bits per heavy atom. The molecule has 2 aliphatic rings. The van der Waals surface area contributed by atoms with Gasteiger partial charge in [0.1, 0.15) is 0 Å². The summed E-state index contributed by atoms with van der Waals surface area (Å²) in [5.74, 6) is -0.219. The first-order chi connectivity index (χ1) is 15.2. The van der Waals surface area contributed by atoms with Crippen LogP contribution in [0.5, 0.6) is 0 Å². The van der Waals surface area contributed by atoms with Crippen molar-refractivity contribution in [2.24, 2.45) is 0 Å². The van der Waals surface area contributed by atoms with E-state index in [0.717, 1.165) is 33.9 Å². The second-order valence-electron chi connectivity index (χ2n) is 8.05. The van der Waals surface area contributed by atoms with Gasteiger partial charge in [-0.1, -0.05) is 36.4 Å². The van der Waals surface area contributed by atoms with E-state index in [1.54, 1.807) is 11.3 Å². The lowest BCUT2D eigenvalue weighted by Crippen LogP contribution is -2.36. The van der Waals surface area contributed by atoms with Gasteiger partial charge in [-0.05, 0) is 66.0 Å². The van der Waals surface area contributed by atoms with Gasteiger partial charge in [-0.15, -0.1) is 23.1 Å². The first-order valence-electron chi connectivity index (χ1n) is 10.7. The molecule has 0 fully saturated rings. The number of amides is 2. The van der Waals surface area contributed by atoms with Crippen molar-refractivity contribution in [1.82, 2.24) is 5.32 Å². The molecule has 0 saturated heterocycles. The van der Waals surface area contributed by atoms with Gasteiger partial charge in [-0.2, -0.15) is 0 Å². The predicted molar refractivity (Wildman–Crippen MR) is 127 cm³/mol. The standard InChI is InChI=1S/C25H24N2O2S2/c28-23(15-22-25(29)26-19-8-3-4-9-20(19)31-22)27-24(21-10-5-13-30-21)18-12-11-16-6-1-2-7-17(16)14-18/h3-5,8-14,22,24H,1-2,6-7,15H2,(H,26,29)(H,27,28)/t22-,24-/m1/s1. The van der Waals surface area contributed by atoms with Crippen molar-refractivity contribution in [3.63, 3.8) is 0 Å². The van der Waals surface area contributed by atoms with Crippen molar-refractivity contribution >= 4 is 40.6 Å². The number of benzene rings is 2. The molecule has 158 valence electrons. The summed E-state index contributed by atoms with van der Waals surface area (Å²) in [5.41, 5.74) is 4.76. The number of carbonyl (C=O) groups excluding carboxylic acids is 2. The van der Waals surface area contributed by atoms with E-state index in [9.17, 15) is 9.59 Å². The second-order valence-corrected chi connectivity index (χ2v) is 10.3. The van der Waals surface area contributed by atoms with Crippen molar-refractivity contribution in [2.75, 3.05) is 5.32 Å². The van der Waals surface area contributed by atoms with Gasteiger partial charge >= 0.3 is 0 Å². The number of rotatable bonds is 5. The molecule has 0 unspecified atom stereocenters. The van der Waals surface area contributed by atoms with Crippen LogP contribution in [0.3, 0.4) is 0 Å². The molecule has 2 amide bonds. The van der Waals surface area contributed by atoms with E-state index in [1.807, 2.05) is 35.7 Å². The molecule has 0 saturated carbocycles. The summed E-state index contributed by atoms with van der Waals surface area (Å²) in [7, 11) is 0. The van der Waals surface area contributed by atoms with Crippen LogP contribution in [0.25, 0.3) is 0 Å². The van der Waals surface area contributed by atoms with Crippen molar-refractivity contribution in [1.29, 1.82) is 0 Å². The first-order valence-corrected chi connectivity index (χ1v) is 12.4. The molecule has 0 radical (unpaired) electrons. The van der Waals surface area contributed by atoms with Crippen molar-refractivity contribution in [3.05, 3.63) is 81.5 Å². The lowest BCUT2D eigenvalue weighted by atomic mass is 9.89. The highest BCUT2D eigenvalue weighted by molar-refractivity contribution is 8.01. The normalized spacial score (nSPS) is 18.5. The zero-order valence-corrected chi connectivity index (χ0v) is 18.7. The van der Waals surface area contributed by atoms with Crippen molar-refractivity contribution < 1.29 is 9.59 Å². The average molecular weight is 449 g/mol. The zero-order valence-electron chi connectivity index (χ0n) is 17.1. The number of thioether (sulfide) groups is 1. The Bertz CT molecular complexity index is 1110. The van der Waals surface area contributed by atoms with Gasteiger partial charge < -0.3 is 10.6 Å². The van der Waals surface area contributed by atoms with Crippen LogP contribution in [0.4, 0.5) is 5.69 Å². The highest BCUT2D eigenvalue weighted by atomic mass is 32.2. The molecule has 3 aromatic rings. The summed E-state index contributed by atoms with van der Waals surface area (Å²) in [4.78, 5) is 27.7. The highest BCUT2D eigenvalue weighted by Crippen LogP contribution is 2.37. The molecular weight excluding hydrogens is 424 g/mol. The maximum absolute atomic E-state index is 13.0. The number of thiophene rings is 1. The molecule has 0 spiro atoms. The molecule has 4 nitrogen and oxygen atoms in total. The quantitative estimate of drug-likeness (QED) is 0.554. The molecule has 2 aromatic carbocycles. The minimum atomic E-state index is -0.428. The number of hydrogen-bond acceptors (Lipinski definition) is 4. The summed E-state index contributed by atoms with van der Waals surface area (Å²) in [6.45, 7) is 0. The third-order valence-electron chi connectivity index (χ3n) is 5.92.